The number of ether oxygens (including phenoxy) is 2. The van der Waals surface area contributed by atoms with Gasteiger partial charge in [-0.3, -0.25) is 9.59 Å². The second-order valence-electron chi connectivity index (χ2n) is 3.89. The molecule has 0 spiro atoms. The maximum Gasteiger partial charge on any atom is 0.316 e. The van der Waals surface area contributed by atoms with Crippen molar-refractivity contribution in [1.82, 2.24) is 0 Å². The van der Waals surface area contributed by atoms with Crippen molar-refractivity contribution in [2.45, 2.75) is 34.1 Å². The number of hydrogen-bond acceptors (Lipinski definition) is 4. The molecule has 1 unspecified atom stereocenters. The first kappa shape index (κ1) is 15.1. The number of ketones is 1. The van der Waals surface area contributed by atoms with Gasteiger partial charge >= 0.3 is 5.97 Å². The fraction of sp³-hybridized carbons (Fsp3) is 0.833. The Bertz CT molecular complexity index is 223. The summed E-state index contributed by atoms with van der Waals surface area (Å²) in [6, 6.07) is 0. The van der Waals surface area contributed by atoms with E-state index in [0.29, 0.717) is 19.8 Å². The molecule has 16 heavy (non-hydrogen) atoms. The van der Waals surface area contributed by atoms with E-state index >= 15 is 0 Å². The van der Waals surface area contributed by atoms with Gasteiger partial charge in [-0.2, -0.15) is 0 Å². The summed E-state index contributed by atoms with van der Waals surface area (Å²) in [6.07, 6.45) is 0.273. The summed E-state index contributed by atoms with van der Waals surface area (Å²) in [5, 5.41) is 0. The van der Waals surface area contributed by atoms with Gasteiger partial charge in [-0.25, -0.2) is 0 Å². The van der Waals surface area contributed by atoms with Crippen LogP contribution in [0, 0.1) is 11.8 Å². The molecule has 0 aliphatic carbocycles. The predicted octanol–water partition coefficient (Wildman–Crippen LogP) is 1.82. The smallest absolute Gasteiger partial charge is 0.316 e. The molecule has 0 aliphatic heterocycles. The van der Waals surface area contributed by atoms with Crippen molar-refractivity contribution in [3.8, 4) is 0 Å². The molecule has 0 saturated heterocycles. The fourth-order valence-corrected chi connectivity index (χ4v) is 1.48. The highest BCUT2D eigenvalue weighted by Crippen LogP contribution is 2.16. The van der Waals surface area contributed by atoms with Crippen LogP contribution in [0.15, 0.2) is 0 Å². The van der Waals surface area contributed by atoms with Crippen LogP contribution in [0.25, 0.3) is 0 Å². The highest BCUT2D eigenvalue weighted by molar-refractivity contribution is 5.99. The lowest BCUT2D eigenvalue weighted by Crippen LogP contribution is -2.31. The van der Waals surface area contributed by atoms with Crippen LogP contribution >= 0.6 is 0 Å². The van der Waals surface area contributed by atoms with Crippen molar-refractivity contribution < 1.29 is 19.1 Å². The fourth-order valence-electron chi connectivity index (χ4n) is 1.48. The van der Waals surface area contributed by atoms with E-state index in [1.54, 1.807) is 6.92 Å². The standard InChI is InChI=1S/C12H22O4/c1-5-15-8-7-10(13)11(9(3)4)12(14)16-6-2/h9,11H,5-8H2,1-4H3. The lowest BCUT2D eigenvalue weighted by Gasteiger charge is -2.17. The Labute approximate surface area is 97.3 Å². The Balaban J connectivity index is 4.30. The van der Waals surface area contributed by atoms with E-state index in [0.717, 1.165) is 0 Å². The average Bonchev–Trinajstić information content (AvgIpc) is 2.18. The average molecular weight is 230 g/mol. The Morgan fingerprint density at radius 2 is 1.75 bits per heavy atom. The zero-order valence-corrected chi connectivity index (χ0v) is 10.6. The monoisotopic (exact) mass is 230 g/mol. The van der Waals surface area contributed by atoms with Crippen LogP contribution in [0.2, 0.25) is 0 Å². The molecule has 0 N–H and O–H groups in total. The topological polar surface area (TPSA) is 52.6 Å². The van der Waals surface area contributed by atoms with Gasteiger partial charge in [0.25, 0.3) is 0 Å². The van der Waals surface area contributed by atoms with Crippen molar-refractivity contribution in [3.63, 3.8) is 0 Å². The van der Waals surface area contributed by atoms with Gasteiger partial charge in [-0.05, 0) is 19.8 Å². The molecule has 0 aromatic rings. The lowest BCUT2D eigenvalue weighted by atomic mass is 9.90. The molecule has 0 aliphatic rings. The second-order valence-corrected chi connectivity index (χ2v) is 3.89. The van der Waals surface area contributed by atoms with Crippen molar-refractivity contribution in [3.05, 3.63) is 0 Å². The molecule has 0 rings (SSSR count). The summed E-state index contributed by atoms with van der Waals surface area (Å²) in [5.41, 5.74) is 0. The van der Waals surface area contributed by atoms with E-state index in [4.69, 9.17) is 9.47 Å². The zero-order valence-electron chi connectivity index (χ0n) is 10.6. The number of Topliss-reactive ketones (excluding diaryl/α,β-unsaturated/α-hetero) is 1. The first-order valence-corrected chi connectivity index (χ1v) is 5.81. The minimum Gasteiger partial charge on any atom is -0.465 e. The van der Waals surface area contributed by atoms with E-state index < -0.39 is 11.9 Å². The molecule has 4 heteroatoms. The molecule has 0 heterocycles. The third-order valence-electron chi connectivity index (χ3n) is 2.25. The highest BCUT2D eigenvalue weighted by Gasteiger charge is 2.30. The Morgan fingerprint density at radius 3 is 2.19 bits per heavy atom. The Morgan fingerprint density at radius 1 is 1.12 bits per heavy atom. The molecule has 0 aromatic heterocycles. The summed E-state index contributed by atoms with van der Waals surface area (Å²) < 4.78 is 9.99. The van der Waals surface area contributed by atoms with Crippen LogP contribution in [-0.4, -0.2) is 31.6 Å². The van der Waals surface area contributed by atoms with Crippen molar-refractivity contribution in [2.24, 2.45) is 11.8 Å². The van der Waals surface area contributed by atoms with Crippen LogP contribution in [0.4, 0.5) is 0 Å². The maximum absolute atomic E-state index is 11.8. The van der Waals surface area contributed by atoms with Crippen LogP contribution in [0.1, 0.15) is 34.1 Å². The van der Waals surface area contributed by atoms with Crippen LogP contribution in [0.5, 0.6) is 0 Å². The van der Waals surface area contributed by atoms with Gasteiger partial charge in [-0.1, -0.05) is 13.8 Å². The third-order valence-corrected chi connectivity index (χ3v) is 2.25. The van der Waals surface area contributed by atoms with E-state index in [-0.39, 0.29) is 18.1 Å². The largest absolute Gasteiger partial charge is 0.465 e. The normalized spacial score (nSPS) is 12.6. The number of carbonyl (C=O) groups excluding carboxylic acids is 2. The maximum atomic E-state index is 11.8. The Hall–Kier alpha value is -0.900. The minimum absolute atomic E-state index is 0.0341. The number of carbonyl (C=O) groups is 2. The summed E-state index contributed by atoms with van der Waals surface area (Å²) in [6.45, 7) is 8.56. The molecule has 1 atom stereocenters. The molecule has 0 aromatic carbocycles. The minimum atomic E-state index is -0.652. The van der Waals surface area contributed by atoms with E-state index in [1.165, 1.54) is 0 Å². The predicted molar refractivity (Wildman–Crippen MR) is 61.1 cm³/mol. The van der Waals surface area contributed by atoms with Gasteiger partial charge in [0, 0.05) is 13.0 Å². The van der Waals surface area contributed by atoms with Crippen LogP contribution in [-0.2, 0) is 19.1 Å². The molecule has 4 nitrogen and oxygen atoms in total. The summed E-state index contributed by atoms with van der Waals surface area (Å²) in [4.78, 5) is 23.4. The van der Waals surface area contributed by atoms with Crippen molar-refractivity contribution in [1.29, 1.82) is 0 Å². The van der Waals surface area contributed by atoms with Crippen molar-refractivity contribution in [2.75, 3.05) is 19.8 Å². The van der Waals surface area contributed by atoms with Gasteiger partial charge in [-0.15, -0.1) is 0 Å². The molecular formula is C12H22O4. The molecular weight excluding hydrogens is 208 g/mol. The second kappa shape index (κ2) is 8.28. The van der Waals surface area contributed by atoms with Gasteiger partial charge in [0.2, 0.25) is 0 Å². The zero-order chi connectivity index (χ0) is 12.6. The summed E-state index contributed by atoms with van der Waals surface area (Å²) in [7, 11) is 0. The van der Waals surface area contributed by atoms with Crippen LogP contribution < -0.4 is 0 Å². The number of rotatable bonds is 8. The van der Waals surface area contributed by atoms with Crippen molar-refractivity contribution >= 4 is 11.8 Å². The van der Waals surface area contributed by atoms with Gasteiger partial charge < -0.3 is 9.47 Å². The first-order chi connectivity index (χ1) is 7.54. The number of hydrogen-bond donors (Lipinski definition) is 0. The van der Waals surface area contributed by atoms with E-state index in [2.05, 4.69) is 0 Å². The van der Waals surface area contributed by atoms with E-state index in [9.17, 15) is 9.59 Å². The SMILES string of the molecule is CCOCCC(=O)C(C(=O)OCC)C(C)C. The van der Waals surface area contributed by atoms with Crippen LogP contribution in [0.3, 0.4) is 0 Å². The number of esters is 1. The molecule has 0 bridgehead atoms. The quantitative estimate of drug-likeness (QED) is 0.362. The molecule has 0 amide bonds. The third kappa shape index (κ3) is 5.26. The lowest BCUT2D eigenvalue weighted by molar-refractivity contribution is -0.153. The van der Waals surface area contributed by atoms with Gasteiger partial charge in [0.05, 0.1) is 13.2 Å². The van der Waals surface area contributed by atoms with E-state index in [1.807, 2.05) is 20.8 Å². The summed E-state index contributed by atoms with van der Waals surface area (Å²) in [5.74, 6) is -1.20. The highest BCUT2D eigenvalue weighted by atomic mass is 16.5. The molecule has 0 saturated carbocycles. The van der Waals surface area contributed by atoms with Gasteiger partial charge in [0.1, 0.15) is 11.7 Å². The van der Waals surface area contributed by atoms with Gasteiger partial charge in [0.15, 0.2) is 0 Å². The molecule has 94 valence electrons. The summed E-state index contributed by atoms with van der Waals surface area (Å²) >= 11 is 0. The molecule has 0 radical (unpaired) electrons. The Kier molecular flexibility index (Phi) is 7.81. The molecule has 0 fully saturated rings. The first-order valence-electron chi connectivity index (χ1n) is 5.81.